The van der Waals surface area contributed by atoms with Gasteiger partial charge in [-0.3, -0.25) is 0 Å². The van der Waals surface area contributed by atoms with Crippen molar-refractivity contribution in [2.75, 3.05) is 0 Å². The van der Waals surface area contributed by atoms with Gasteiger partial charge in [0.25, 0.3) is 0 Å². The largest absolute Gasteiger partial charge is 0.0622 e. The molecular formula is C39H40. The summed E-state index contributed by atoms with van der Waals surface area (Å²) in [5.74, 6) is 1.82. The van der Waals surface area contributed by atoms with Gasteiger partial charge in [-0.25, -0.2) is 0 Å². The third-order valence-electron chi connectivity index (χ3n) is 7.74. The molecule has 6 aromatic carbocycles. The number of hydrogen-bond acceptors (Lipinski definition) is 0. The fraction of sp³-hybridized carbons (Fsp3) is 0.231. The third-order valence-corrected chi connectivity index (χ3v) is 7.74. The zero-order valence-electron chi connectivity index (χ0n) is 24.2. The van der Waals surface area contributed by atoms with Crippen LogP contribution >= 0.6 is 0 Å². The van der Waals surface area contributed by atoms with E-state index in [9.17, 15) is 0 Å². The van der Waals surface area contributed by atoms with Crippen molar-refractivity contribution >= 4 is 48.7 Å². The Kier molecular flexibility index (Phi) is 7.84. The molecule has 0 radical (unpaired) electrons. The quantitative estimate of drug-likeness (QED) is 0.208. The first kappa shape index (κ1) is 26.7. The van der Waals surface area contributed by atoms with E-state index >= 15 is 0 Å². The Morgan fingerprint density at radius 1 is 0.359 bits per heavy atom. The van der Waals surface area contributed by atoms with Crippen LogP contribution in [-0.4, -0.2) is 0 Å². The van der Waals surface area contributed by atoms with Crippen LogP contribution in [0.25, 0.3) is 48.7 Å². The van der Waals surface area contributed by atoms with Crippen molar-refractivity contribution < 1.29 is 0 Å². The highest BCUT2D eigenvalue weighted by Crippen LogP contribution is 2.34. The van der Waals surface area contributed by atoms with Gasteiger partial charge in [0.15, 0.2) is 0 Å². The Morgan fingerprint density at radius 2 is 0.667 bits per heavy atom. The lowest BCUT2D eigenvalue weighted by Gasteiger charge is -2.24. The Hall–Kier alpha value is -3.90. The Morgan fingerprint density at radius 3 is 0.974 bits per heavy atom. The summed E-state index contributed by atoms with van der Waals surface area (Å²) in [5, 5.41) is 10.4. The number of hydrogen-bond donors (Lipinski definition) is 0. The standard InChI is InChI=1S/C22H14.C17H26/c1-2-6-16-10-20-14-22-12-18-8-4-3-7-17(18)11-21(22)13-19(20)9-15(16)5-1;1-12(2)16(13(3)4)17(14(5)6)15-10-8-7-9-11-15/h1-14H;7-14H,1-6H3. The highest BCUT2D eigenvalue weighted by molar-refractivity contribution is 6.08. The van der Waals surface area contributed by atoms with Crippen LogP contribution < -0.4 is 0 Å². The summed E-state index contributed by atoms with van der Waals surface area (Å²) in [6.45, 7) is 13.8. The van der Waals surface area contributed by atoms with Gasteiger partial charge in [-0.15, -0.1) is 0 Å². The molecule has 0 nitrogen and oxygen atoms in total. The van der Waals surface area contributed by atoms with Gasteiger partial charge in [0.2, 0.25) is 0 Å². The molecule has 0 amide bonds. The molecule has 6 aromatic rings. The van der Waals surface area contributed by atoms with Gasteiger partial charge >= 0.3 is 0 Å². The van der Waals surface area contributed by atoms with E-state index in [2.05, 4.69) is 157 Å². The van der Waals surface area contributed by atoms with Crippen LogP contribution in [0.5, 0.6) is 0 Å². The summed E-state index contributed by atoms with van der Waals surface area (Å²) in [6.07, 6.45) is 0. The number of rotatable bonds is 4. The molecule has 0 heteroatoms. The normalized spacial score (nSPS) is 11.5. The fourth-order valence-electron chi connectivity index (χ4n) is 6.13. The van der Waals surface area contributed by atoms with Crippen LogP contribution in [0.3, 0.4) is 0 Å². The van der Waals surface area contributed by atoms with Gasteiger partial charge in [-0.2, -0.15) is 0 Å². The fourth-order valence-corrected chi connectivity index (χ4v) is 6.13. The second-order valence-electron chi connectivity index (χ2n) is 11.6. The molecule has 0 bridgehead atoms. The molecule has 0 atom stereocenters. The topological polar surface area (TPSA) is 0 Å². The van der Waals surface area contributed by atoms with Crippen LogP contribution in [0.4, 0.5) is 0 Å². The van der Waals surface area contributed by atoms with Gasteiger partial charge in [0.05, 0.1) is 0 Å². The van der Waals surface area contributed by atoms with E-state index in [0.29, 0.717) is 17.8 Å². The molecule has 0 aliphatic carbocycles. The summed E-state index contributed by atoms with van der Waals surface area (Å²) >= 11 is 0. The van der Waals surface area contributed by atoms with Crippen LogP contribution in [0, 0.1) is 17.8 Å². The molecule has 0 heterocycles. The van der Waals surface area contributed by atoms with Gasteiger partial charge < -0.3 is 0 Å². The van der Waals surface area contributed by atoms with Crippen molar-refractivity contribution in [2.24, 2.45) is 17.8 Å². The average molecular weight is 509 g/mol. The maximum atomic E-state index is 2.31. The van der Waals surface area contributed by atoms with Crippen molar-refractivity contribution in [1.82, 2.24) is 0 Å². The van der Waals surface area contributed by atoms with Crippen molar-refractivity contribution in [3.05, 3.63) is 126 Å². The summed E-state index contributed by atoms with van der Waals surface area (Å²) < 4.78 is 0. The zero-order valence-corrected chi connectivity index (χ0v) is 24.2. The van der Waals surface area contributed by atoms with E-state index in [1.807, 2.05) is 0 Å². The number of benzene rings is 6. The number of fused-ring (bicyclic) bond motifs is 4. The summed E-state index contributed by atoms with van der Waals surface area (Å²) in [7, 11) is 0. The maximum Gasteiger partial charge on any atom is -0.0171 e. The van der Waals surface area contributed by atoms with Crippen LogP contribution in [-0.2, 0) is 0 Å². The monoisotopic (exact) mass is 508 g/mol. The van der Waals surface area contributed by atoms with Crippen LogP contribution in [0.15, 0.2) is 121 Å². The molecule has 0 N–H and O–H groups in total. The Labute approximate surface area is 234 Å². The van der Waals surface area contributed by atoms with Crippen molar-refractivity contribution in [3.63, 3.8) is 0 Å². The molecule has 0 aromatic heterocycles. The summed E-state index contributed by atoms with van der Waals surface area (Å²) in [4.78, 5) is 0. The van der Waals surface area contributed by atoms with Gasteiger partial charge in [0, 0.05) is 0 Å². The lowest BCUT2D eigenvalue weighted by Crippen LogP contribution is -2.09. The van der Waals surface area contributed by atoms with E-state index in [4.69, 9.17) is 0 Å². The Bertz CT molecular complexity index is 1570. The average Bonchev–Trinajstić information content (AvgIpc) is 2.92. The molecule has 0 fully saturated rings. The van der Waals surface area contributed by atoms with Gasteiger partial charge in [0.1, 0.15) is 0 Å². The second kappa shape index (κ2) is 11.5. The minimum absolute atomic E-state index is 0.581. The molecular weight excluding hydrogens is 468 g/mol. The summed E-state index contributed by atoms with van der Waals surface area (Å²) in [5.41, 5.74) is 4.53. The maximum absolute atomic E-state index is 2.31. The SMILES string of the molecule is CC(C)C(=C(C(C)C)C(C)C)c1ccccc1.c1ccc2cc3cc4cc5ccccc5cc4cc3cc2c1. The van der Waals surface area contributed by atoms with Crippen LogP contribution in [0.2, 0.25) is 0 Å². The minimum Gasteiger partial charge on any atom is -0.0622 e. The molecule has 0 unspecified atom stereocenters. The first-order valence-electron chi connectivity index (χ1n) is 14.4. The molecule has 0 spiro atoms. The van der Waals surface area contributed by atoms with Gasteiger partial charge in [-0.1, -0.05) is 126 Å². The lowest BCUT2D eigenvalue weighted by atomic mass is 9.81. The van der Waals surface area contributed by atoms with Crippen LogP contribution in [0.1, 0.15) is 47.1 Å². The molecule has 0 saturated heterocycles. The first-order valence-corrected chi connectivity index (χ1v) is 14.4. The molecule has 0 aliphatic rings. The van der Waals surface area contributed by atoms with Crippen molar-refractivity contribution in [2.45, 2.75) is 41.5 Å². The second-order valence-corrected chi connectivity index (χ2v) is 11.6. The lowest BCUT2D eigenvalue weighted by molar-refractivity contribution is 0.617. The van der Waals surface area contributed by atoms with Crippen molar-refractivity contribution in [3.8, 4) is 0 Å². The third kappa shape index (κ3) is 5.76. The van der Waals surface area contributed by atoms with E-state index in [-0.39, 0.29) is 0 Å². The first-order chi connectivity index (χ1) is 18.8. The number of allylic oxidation sites excluding steroid dienone is 2. The van der Waals surface area contributed by atoms with E-state index < -0.39 is 0 Å². The van der Waals surface area contributed by atoms with E-state index in [0.717, 1.165) is 0 Å². The highest BCUT2D eigenvalue weighted by Gasteiger charge is 2.18. The molecule has 0 saturated carbocycles. The molecule has 0 aliphatic heterocycles. The van der Waals surface area contributed by atoms with Crippen molar-refractivity contribution in [1.29, 1.82) is 0 Å². The van der Waals surface area contributed by atoms with E-state index in [1.54, 1.807) is 5.57 Å². The zero-order chi connectivity index (χ0) is 27.5. The highest BCUT2D eigenvalue weighted by atomic mass is 14.2. The predicted octanol–water partition coefficient (Wildman–Crippen LogP) is 11.7. The van der Waals surface area contributed by atoms with E-state index in [1.165, 1.54) is 54.2 Å². The smallest absolute Gasteiger partial charge is 0.0171 e. The predicted molar refractivity (Wildman–Crippen MR) is 174 cm³/mol. The molecule has 39 heavy (non-hydrogen) atoms. The Balaban J connectivity index is 0.000000165. The summed E-state index contributed by atoms with van der Waals surface area (Å²) in [6, 6.07) is 41.7. The molecule has 196 valence electrons. The molecule has 6 rings (SSSR count). The van der Waals surface area contributed by atoms with Gasteiger partial charge in [-0.05, 0) is 108 Å². The minimum atomic E-state index is 0.581.